The number of rotatable bonds is 5. The highest BCUT2D eigenvalue weighted by molar-refractivity contribution is 9.10. The van der Waals surface area contributed by atoms with Gasteiger partial charge in [0.05, 0.1) is 0 Å². The lowest BCUT2D eigenvalue weighted by Crippen LogP contribution is -2.24. The van der Waals surface area contributed by atoms with Gasteiger partial charge in [-0.05, 0) is 48.7 Å². The van der Waals surface area contributed by atoms with Crippen LogP contribution in [0.2, 0.25) is 0 Å². The van der Waals surface area contributed by atoms with Crippen molar-refractivity contribution in [3.05, 3.63) is 69.9 Å². The summed E-state index contributed by atoms with van der Waals surface area (Å²) in [5.74, 6) is -0.183. The molecule has 0 aromatic heterocycles. The lowest BCUT2D eigenvalue weighted by Gasteiger charge is -2.23. The SMILES string of the molecule is CCC(N[C@H](C)c1cccc(Br)c1)c1cccc(F)c1. The van der Waals surface area contributed by atoms with E-state index in [4.69, 9.17) is 0 Å². The molecular weight excluding hydrogens is 317 g/mol. The Kier molecular flexibility index (Phi) is 5.32. The van der Waals surface area contributed by atoms with Gasteiger partial charge in [0.25, 0.3) is 0 Å². The van der Waals surface area contributed by atoms with Crippen molar-refractivity contribution in [1.82, 2.24) is 5.32 Å². The lowest BCUT2D eigenvalue weighted by molar-refractivity contribution is 0.454. The van der Waals surface area contributed by atoms with Crippen LogP contribution in [0.25, 0.3) is 0 Å². The Labute approximate surface area is 128 Å². The quantitative estimate of drug-likeness (QED) is 0.772. The maximum Gasteiger partial charge on any atom is 0.123 e. The molecule has 0 spiro atoms. The summed E-state index contributed by atoms with van der Waals surface area (Å²) in [5.41, 5.74) is 2.21. The second-order valence-electron chi connectivity index (χ2n) is 4.96. The molecule has 0 bridgehead atoms. The zero-order valence-electron chi connectivity index (χ0n) is 11.7. The molecule has 1 N–H and O–H groups in total. The van der Waals surface area contributed by atoms with Crippen LogP contribution in [0.4, 0.5) is 4.39 Å². The van der Waals surface area contributed by atoms with Gasteiger partial charge in [0.2, 0.25) is 0 Å². The molecule has 3 heteroatoms. The molecule has 2 rings (SSSR count). The molecule has 2 atom stereocenters. The maximum atomic E-state index is 13.3. The van der Waals surface area contributed by atoms with E-state index in [0.29, 0.717) is 0 Å². The van der Waals surface area contributed by atoms with Crippen LogP contribution < -0.4 is 5.32 Å². The van der Waals surface area contributed by atoms with Crippen LogP contribution in [0.3, 0.4) is 0 Å². The van der Waals surface area contributed by atoms with Crippen LogP contribution in [0.15, 0.2) is 53.0 Å². The van der Waals surface area contributed by atoms with E-state index in [0.717, 1.165) is 16.5 Å². The third-order valence-corrected chi connectivity index (χ3v) is 3.95. The Bertz CT molecular complexity index is 570. The van der Waals surface area contributed by atoms with Gasteiger partial charge in [-0.2, -0.15) is 0 Å². The average molecular weight is 336 g/mol. The molecule has 0 saturated heterocycles. The molecule has 0 aliphatic heterocycles. The Hall–Kier alpha value is -1.19. The van der Waals surface area contributed by atoms with E-state index in [2.05, 4.69) is 47.2 Å². The van der Waals surface area contributed by atoms with Crippen molar-refractivity contribution in [2.45, 2.75) is 32.4 Å². The van der Waals surface area contributed by atoms with Gasteiger partial charge in [0, 0.05) is 16.6 Å². The largest absolute Gasteiger partial charge is 0.303 e. The van der Waals surface area contributed by atoms with E-state index in [1.54, 1.807) is 12.1 Å². The second-order valence-corrected chi connectivity index (χ2v) is 5.87. The van der Waals surface area contributed by atoms with Crippen LogP contribution in [0, 0.1) is 5.82 Å². The van der Waals surface area contributed by atoms with Gasteiger partial charge in [-0.1, -0.05) is 47.1 Å². The van der Waals surface area contributed by atoms with E-state index < -0.39 is 0 Å². The summed E-state index contributed by atoms with van der Waals surface area (Å²) in [6.07, 6.45) is 0.918. The van der Waals surface area contributed by atoms with E-state index in [1.807, 2.05) is 18.2 Å². The van der Waals surface area contributed by atoms with Crippen LogP contribution in [0.1, 0.15) is 43.5 Å². The van der Waals surface area contributed by atoms with Gasteiger partial charge in [-0.25, -0.2) is 4.39 Å². The van der Waals surface area contributed by atoms with Crippen molar-refractivity contribution in [3.8, 4) is 0 Å². The van der Waals surface area contributed by atoms with E-state index in [1.165, 1.54) is 11.6 Å². The van der Waals surface area contributed by atoms with Gasteiger partial charge in [-0.3, -0.25) is 0 Å². The average Bonchev–Trinajstić information content (AvgIpc) is 2.44. The summed E-state index contributed by atoms with van der Waals surface area (Å²) in [4.78, 5) is 0. The topological polar surface area (TPSA) is 12.0 Å². The molecule has 0 heterocycles. The highest BCUT2D eigenvalue weighted by Gasteiger charge is 2.14. The summed E-state index contributed by atoms with van der Waals surface area (Å²) >= 11 is 3.49. The molecule has 2 aromatic carbocycles. The van der Waals surface area contributed by atoms with Crippen LogP contribution >= 0.6 is 15.9 Å². The highest BCUT2D eigenvalue weighted by Crippen LogP contribution is 2.24. The number of benzene rings is 2. The molecular formula is C17H19BrFN. The zero-order valence-corrected chi connectivity index (χ0v) is 13.3. The fourth-order valence-corrected chi connectivity index (χ4v) is 2.76. The van der Waals surface area contributed by atoms with Crippen molar-refractivity contribution < 1.29 is 4.39 Å². The van der Waals surface area contributed by atoms with E-state index >= 15 is 0 Å². The second kappa shape index (κ2) is 7.00. The lowest BCUT2D eigenvalue weighted by atomic mass is 10.0. The summed E-state index contributed by atoms with van der Waals surface area (Å²) in [7, 11) is 0. The van der Waals surface area contributed by atoms with Crippen molar-refractivity contribution in [1.29, 1.82) is 0 Å². The Morgan fingerprint density at radius 3 is 2.45 bits per heavy atom. The van der Waals surface area contributed by atoms with Crippen molar-refractivity contribution in [2.24, 2.45) is 0 Å². The smallest absolute Gasteiger partial charge is 0.123 e. The fourth-order valence-electron chi connectivity index (χ4n) is 2.35. The van der Waals surface area contributed by atoms with Gasteiger partial charge in [0.1, 0.15) is 5.82 Å². The summed E-state index contributed by atoms with van der Waals surface area (Å²) in [6.45, 7) is 4.24. The number of halogens is 2. The van der Waals surface area contributed by atoms with Gasteiger partial charge in [0.15, 0.2) is 0 Å². The third-order valence-electron chi connectivity index (χ3n) is 3.46. The van der Waals surface area contributed by atoms with Crippen LogP contribution in [0.5, 0.6) is 0 Å². The first-order valence-electron chi connectivity index (χ1n) is 6.87. The minimum Gasteiger partial charge on any atom is -0.303 e. The molecule has 0 fully saturated rings. The first-order chi connectivity index (χ1) is 9.60. The molecule has 0 radical (unpaired) electrons. The normalized spacial score (nSPS) is 14.0. The summed E-state index contributed by atoms with van der Waals surface area (Å²) in [6, 6.07) is 15.4. The molecule has 0 aliphatic carbocycles. The molecule has 2 aromatic rings. The summed E-state index contributed by atoms with van der Waals surface area (Å²) in [5, 5.41) is 3.57. The van der Waals surface area contributed by atoms with Crippen LogP contribution in [-0.4, -0.2) is 0 Å². The predicted molar refractivity (Wildman–Crippen MR) is 85.1 cm³/mol. The Balaban J connectivity index is 2.14. The minimum atomic E-state index is -0.183. The van der Waals surface area contributed by atoms with Crippen molar-refractivity contribution >= 4 is 15.9 Å². The minimum absolute atomic E-state index is 0.152. The Morgan fingerprint density at radius 2 is 1.80 bits per heavy atom. The molecule has 1 unspecified atom stereocenters. The monoisotopic (exact) mass is 335 g/mol. The molecule has 106 valence electrons. The Morgan fingerprint density at radius 1 is 1.10 bits per heavy atom. The van der Waals surface area contributed by atoms with E-state index in [-0.39, 0.29) is 17.9 Å². The summed E-state index contributed by atoms with van der Waals surface area (Å²) < 4.78 is 14.4. The number of hydrogen-bond donors (Lipinski definition) is 1. The van der Waals surface area contributed by atoms with Gasteiger partial charge in [-0.15, -0.1) is 0 Å². The van der Waals surface area contributed by atoms with Crippen molar-refractivity contribution in [3.63, 3.8) is 0 Å². The van der Waals surface area contributed by atoms with Gasteiger partial charge >= 0.3 is 0 Å². The predicted octanol–water partition coefficient (Wildman–Crippen LogP) is 5.39. The third kappa shape index (κ3) is 3.90. The zero-order chi connectivity index (χ0) is 14.5. The fraction of sp³-hybridized carbons (Fsp3) is 0.294. The number of hydrogen-bond acceptors (Lipinski definition) is 1. The highest BCUT2D eigenvalue weighted by atomic mass is 79.9. The van der Waals surface area contributed by atoms with Crippen molar-refractivity contribution in [2.75, 3.05) is 0 Å². The molecule has 0 saturated carbocycles. The van der Waals surface area contributed by atoms with E-state index in [9.17, 15) is 4.39 Å². The van der Waals surface area contributed by atoms with Gasteiger partial charge < -0.3 is 5.32 Å². The molecule has 0 amide bonds. The molecule has 20 heavy (non-hydrogen) atoms. The number of nitrogens with one attached hydrogen (secondary N) is 1. The molecule has 0 aliphatic rings. The maximum absolute atomic E-state index is 13.3. The first kappa shape index (κ1) is 15.2. The molecule has 1 nitrogen and oxygen atoms in total. The standard InChI is InChI=1S/C17H19BrFN/c1-3-17(14-7-5-9-16(19)11-14)20-12(2)13-6-4-8-15(18)10-13/h4-12,17,20H,3H2,1-2H3/t12-,17?/m1/s1. The van der Waals surface area contributed by atoms with Crippen LogP contribution in [-0.2, 0) is 0 Å². The first-order valence-corrected chi connectivity index (χ1v) is 7.66.